The van der Waals surface area contributed by atoms with Gasteiger partial charge < -0.3 is 14.7 Å². The summed E-state index contributed by atoms with van der Waals surface area (Å²) >= 11 is 0. The van der Waals surface area contributed by atoms with Gasteiger partial charge in [-0.3, -0.25) is 14.5 Å². The number of rotatable bonds is 6. The van der Waals surface area contributed by atoms with Crippen molar-refractivity contribution in [3.05, 3.63) is 59.7 Å². The zero-order chi connectivity index (χ0) is 24.4. The van der Waals surface area contributed by atoms with Crippen LogP contribution in [0, 0.1) is 18.7 Å². The van der Waals surface area contributed by atoms with Crippen LogP contribution in [0.1, 0.15) is 37.1 Å². The van der Waals surface area contributed by atoms with Crippen molar-refractivity contribution in [3.63, 3.8) is 0 Å². The second-order valence-corrected chi connectivity index (χ2v) is 9.21. The molecule has 2 aliphatic rings. The first-order valence-electron chi connectivity index (χ1n) is 12.0. The normalized spacial score (nSPS) is 17.2. The van der Waals surface area contributed by atoms with Crippen LogP contribution in [0.5, 0.6) is 0 Å². The van der Waals surface area contributed by atoms with Crippen LogP contribution in [0.15, 0.2) is 47.0 Å². The maximum atomic E-state index is 13.1. The van der Waals surface area contributed by atoms with Crippen molar-refractivity contribution in [1.82, 2.24) is 15.0 Å². The number of aromatic nitrogens is 2. The predicted octanol–water partition coefficient (Wildman–Crippen LogP) is 4.16. The zero-order valence-electron chi connectivity index (χ0n) is 19.7. The smallest absolute Gasteiger partial charge is 0.241 e. The van der Waals surface area contributed by atoms with Crippen LogP contribution in [0.4, 0.5) is 15.8 Å². The average Bonchev–Trinajstić information content (AvgIpc) is 3.50. The second-order valence-electron chi connectivity index (χ2n) is 9.21. The first kappa shape index (κ1) is 23.2. The summed E-state index contributed by atoms with van der Waals surface area (Å²) in [6.45, 7) is 4.70. The van der Waals surface area contributed by atoms with E-state index in [9.17, 15) is 14.0 Å². The van der Waals surface area contributed by atoms with E-state index in [0.29, 0.717) is 30.2 Å². The summed E-state index contributed by atoms with van der Waals surface area (Å²) in [6, 6.07) is 11.7. The number of aryl methyl sites for hydroxylation is 1. The first-order valence-corrected chi connectivity index (χ1v) is 12.0. The van der Waals surface area contributed by atoms with Gasteiger partial charge in [0, 0.05) is 35.8 Å². The molecule has 1 aromatic heterocycles. The lowest BCUT2D eigenvalue weighted by atomic mass is 9.95. The number of piperidine rings is 1. The van der Waals surface area contributed by atoms with Crippen LogP contribution in [0.3, 0.4) is 0 Å². The summed E-state index contributed by atoms with van der Waals surface area (Å²) in [5, 5.41) is 7.04. The van der Waals surface area contributed by atoms with Crippen molar-refractivity contribution < 1.29 is 18.5 Å². The minimum Gasteiger partial charge on any atom is -0.338 e. The number of hydrogen-bond acceptors (Lipinski definition) is 6. The second kappa shape index (κ2) is 9.95. The Balaban J connectivity index is 1.14. The van der Waals surface area contributed by atoms with E-state index < -0.39 is 0 Å². The minimum atomic E-state index is -0.311. The number of halogens is 1. The number of carbonyl (C=O) groups is 2. The highest BCUT2D eigenvalue weighted by Gasteiger charge is 2.27. The topological polar surface area (TPSA) is 91.6 Å². The Hall–Kier alpha value is -3.59. The zero-order valence-corrected chi connectivity index (χ0v) is 19.7. The standard InChI is InChI=1S/C26H28FN5O3/c1-17-4-9-21(15-22(17)32-12-2-3-24(32)33)28-26(34)19-10-13-31(14-11-19)16-23-29-25(30-35-23)18-5-7-20(27)8-6-18/h4-9,15,19H,2-3,10-14,16H2,1H3,(H,28,34). The van der Waals surface area contributed by atoms with Gasteiger partial charge in [0.1, 0.15) is 5.82 Å². The minimum absolute atomic E-state index is 0.00332. The third-order valence-corrected chi connectivity index (χ3v) is 6.73. The molecule has 1 N–H and O–H groups in total. The summed E-state index contributed by atoms with van der Waals surface area (Å²) in [5.41, 5.74) is 3.32. The van der Waals surface area contributed by atoms with E-state index >= 15 is 0 Å². The molecule has 2 aromatic carbocycles. The van der Waals surface area contributed by atoms with Gasteiger partial charge in [-0.05, 0) is 81.2 Å². The highest BCUT2D eigenvalue weighted by atomic mass is 19.1. The lowest BCUT2D eigenvalue weighted by Crippen LogP contribution is -2.37. The molecule has 8 nitrogen and oxygen atoms in total. The molecule has 0 aliphatic carbocycles. The molecule has 0 bridgehead atoms. The van der Waals surface area contributed by atoms with E-state index in [4.69, 9.17) is 4.52 Å². The molecule has 2 fully saturated rings. The van der Waals surface area contributed by atoms with Crippen LogP contribution < -0.4 is 10.2 Å². The monoisotopic (exact) mass is 477 g/mol. The van der Waals surface area contributed by atoms with E-state index in [1.165, 1.54) is 12.1 Å². The first-order chi connectivity index (χ1) is 17.0. The van der Waals surface area contributed by atoms with E-state index in [1.54, 1.807) is 12.1 Å². The van der Waals surface area contributed by atoms with Gasteiger partial charge in [-0.1, -0.05) is 11.2 Å². The average molecular weight is 478 g/mol. The highest BCUT2D eigenvalue weighted by Crippen LogP contribution is 2.29. The molecule has 0 atom stereocenters. The molecular formula is C26H28FN5O3. The Kier molecular flexibility index (Phi) is 6.59. The van der Waals surface area contributed by atoms with Gasteiger partial charge in [-0.25, -0.2) is 4.39 Å². The highest BCUT2D eigenvalue weighted by molar-refractivity contribution is 5.98. The molecule has 2 amide bonds. The summed E-state index contributed by atoms with van der Waals surface area (Å²) in [5.74, 6) is 0.674. The number of nitrogens with one attached hydrogen (secondary N) is 1. The third kappa shape index (κ3) is 5.24. The molecule has 2 saturated heterocycles. The number of hydrogen-bond donors (Lipinski definition) is 1. The molecule has 3 heterocycles. The van der Waals surface area contributed by atoms with E-state index in [2.05, 4.69) is 20.4 Å². The maximum absolute atomic E-state index is 13.1. The lowest BCUT2D eigenvalue weighted by Gasteiger charge is -2.30. The SMILES string of the molecule is Cc1ccc(NC(=O)C2CCN(Cc3nc(-c4ccc(F)cc4)no3)CC2)cc1N1CCCC1=O. The fraction of sp³-hybridized carbons (Fsp3) is 0.385. The fourth-order valence-corrected chi connectivity index (χ4v) is 4.70. The molecule has 3 aromatic rings. The van der Waals surface area contributed by atoms with Crippen LogP contribution >= 0.6 is 0 Å². The number of amides is 2. The van der Waals surface area contributed by atoms with Gasteiger partial charge in [0.25, 0.3) is 0 Å². The lowest BCUT2D eigenvalue weighted by molar-refractivity contribution is -0.121. The Morgan fingerprint density at radius 2 is 1.91 bits per heavy atom. The third-order valence-electron chi connectivity index (χ3n) is 6.73. The Morgan fingerprint density at radius 1 is 1.14 bits per heavy atom. The van der Waals surface area contributed by atoms with Crippen molar-refractivity contribution >= 4 is 23.2 Å². The molecule has 182 valence electrons. The number of nitrogens with zero attached hydrogens (tertiary/aromatic N) is 4. The van der Waals surface area contributed by atoms with E-state index in [0.717, 1.165) is 55.8 Å². The van der Waals surface area contributed by atoms with Crippen molar-refractivity contribution in [2.45, 2.75) is 39.2 Å². The summed E-state index contributed by atoms with van der Waals surface area (Å²) < 4.78 is 18.5. The Labute approximate surface area is 203 Å². The van der Waals surface area contributed by atoms with E-state index in [1.807, 2.05) is 30.0 Å². The van der Waals surface area contributed by atoms with Gasteiger partial charge in [0.2, 0.25) is 23.5 Å². The fourth-order valence-electron chi connectivity index (χ4n) is 4.70. The van der Waals surface area contributed by atoms with Crippen LogP contribution in [-0.4, -0.2) is 46.5 Å². The van der Waals surface area contributed by atoms with Gasteiger partial charge in [0.15, 0.2) is 0 Å². The summed E-state index contributed by atoms with van der Waals surface area (Å²) in [6.07, 6.45) is 2.90. The Bertz CT molecular complexity index is 1220. The largest absolute Gasteiger partial charge is 0.338 e. The molecular weight excluding hydrogens is 449 g/mol. The van der Waals surface area contributed by atoms with Crippen LogP contribution in [0.25, 0.3) is 11.4 Å². The van der Waals surface area contributed by atoms with Crippen LogP contribution in [-0.2, 0) is 16.1 Å². The van der Waals surface area contributed by atoms with Crippen LogP contribution in [0.2, 0.25) is 0 Å². The van der Waals surface area contributed by atoms with Crippen molar-refractivity contribution in [2.75, 3.05) is 29.9 Å². The molecule has 0 saturated carbocycles. The molecule has 9 heteroatoms. The molecule has 0 spiro atoms. The van der Waals surface area contributed by atoms with Gasteiger partial charge in [-0.2, -0.15) is 4.98 Å². The summed E-state index contributed by atoms with van der Waals surface area (Å²) in [7, 11) is 0. The molecule has 0 radical (unpaired) electrons. The number of anilines is 2. The molecule has 35 heavy (non-hydrogen) atoms. The summed E-state index contributed by atoms with van der Waals surface area (Å²) in [4.78, 5) is 33.5. The van der Waals surface area contributed by atoms with Crippen molar-refractivity contribution in [2.24, 2.45) is 5.92 Å². The molecule has 5 rings (SSSR count). The van der Waals surface area contributed by atoms with E-state index in [-0.39, 0.29) is 23.5 Å². The quantitative estimate of drug-likeness (QED) is 0.573. The van der Waals surface area contributed by atoms with Gasteiger partial charge in [-0.15, -0.1) is 0 Å². The van der Waals surface area contributed by atoms with Gasteiger partial charge in [0.05, 0.1) is 6.54 Å². The van der Waals surface area contributed by atoms with Crippen molar-refractivity contribution in [3.8, 4) is 11.4 Å². The molecule has 0 unspecified atom stereocenters. The number of carbonyl (C=O) groups excluding carboxylic acids is 2. The van der Waals surface area contributed by atoms with Crippen molar-refractivity contribution in [1.29, 1.82) is 0 Å². The van der Waals surface area contributed by atoms with Gasteiger partial charge >= 0.3 is 0 Å². The maximum Gasteiger partial charge on any atom is 0.241 e. The molecule has 2 aliphatic heterocycles. The predicted molar refractivity (Wildman–Crippen MR) is 129 cm³/mol. The Morgan fingerprint density at radius 3 is 2.63 bits per heavy atom. The number of likely N-dealkylation sites (tertiary alicyclic amines) is 1. The number of benzene rings is 2.